The largest absolute Gasteiger partial charge is 0.484 e. The predicted molar refractivity (Wildman–Crippen MR) is 120 cm³/mol. The first kappa shape index (κ1) is 25.1. The smallest absolute Gasteiger partial charge is 0.316 e. The molecule has 0 bridgehead atoms. The summed E-state index contributed by atoms with van der Waals surface area (Å²) in [6.45, 7) is 4.13. The summed E-state index contributed by atoms with van der Waals surface area (Å²) in [6, 6.07) is 2.70. The van der Waals surface area contributed by atoms with Gasteiger partial charge >= 0.3 is 5.56 Å². The molecule has 182 valence electrons. The van der Waals surface area contributed by atoms with Crippen LogP contribution in [0.5, 0.6) is 5.75 Å². The number of ether oxygens (including phenoxy) is 2. The minimum atomic E-state index is -3.32. The molecule has 1 fully saturated rings. The van der Waals surface area contributed by atoms with Crippen molar-refractivity contribution in [2.24, 2.45) is 0 Å². The standard InChI is InChI=1S/C21H28F2N4O5S/c1-3-4-9-31-10-11-32-20-19(25-5-7-26(8-6-25)33(2,29)30)15-24-27(21(20)28)18-13-16(22)12-17(23)14-18/h12-15H,3-11H2,1-2H3. The normalized spacial score (nSPS) is 15.1. The Labute approximate surface area is 191 Å². The Kier molecular flexibility index (Phi) is 8.38. The molecule has 0 unspecified atom stereocenters. The van der Waals surface area contributed by atoms with Crippen LogP contribution in [0, 0.1) is 11.6 Å². The summed E-state index contributed by atoms with van der Waals surface area (Å²) in [5.41, 5.74) is -0.374. The Hall–Kier alpha value is -2.57. The van der Waals surface area contributed by atoms with Crippen LogP contribution >= 0.6 is 0 Å². The maximum Gasteiger partial charge on any atom is 0.316 e. The Morgan fingerprint density at radius 1 is 1.03 bits per heavy atom. The highest BCUT2D eigenvalue weighted by Crippen LogP contribution is 2.26. The number of aromatic nitrogens is 2. The summed E-state index contributed by atoms with van der Waals surface area (Å²) in [4.78, 5) is 15.0. The molecular weight excluding hydrogens is 458 g/mol. The van der Waals surface area contributed by atoms with E-state index in [1.807, 2.05) is 6.92 Å². The SMILES string of the molecule is CCCCOCCOc1c(N2CCN(S(C)(=O)=O)CC2)cnn(-c2cc(F)cc(F)c2)c1=O. The van der Waals surface area contributed by atoms with Gasteiger partial charge in [0.25, 0.3) is 0 Å². The summed E-state index contributed by atoms with van der Waals surface area (Å²) in [5.74, 6) is -1.72. The third-order valence-corrected chi connectivity index (χ3v) is 6.47. The fourth-order valence-electron chi connectivity index (χ4n) is 3.45. The minimum Gasteiger partial charge on any atom is -0.484 e. The molecule has 1 aromatic heterocycles. The first-order chi connectivity index (χ1) is 15.7. The second kappa shape index (κ2) is 11.0. The van der Waals surface area contributed by atoms with Crippen LogP contribution in [0.15, 0.2) is 29.2 Å². The topological polar surface area (TPSA) is 94.0 Å². The fourth-order valence-corrected chi connectivity index (χ4v) is 4.27. The summed E-state index contributed by atoms with van der Waals surface area (Å²) >= 11 is 0. The van der Waals surface area contributed by atoms with Crippen LogP contribution in [-0.2, 0) is 14.8 Å². The van der Waals surface area contributed by atoms with Crippen molar-refractivity contribution in [3.8, 4) is 11.4 Å². The van der Waals surface area contributed by atoms with Gasteiger partial charge in [0.2, 0.25) is 15.8 Å². The van der Waals surface area contributed by atoms with Crippen molar-refractivity contribution in [1.82, 2.24) is 14.1 Å². The highest BCUT2D eigenvalue weighted by atomic mass is 32.2. The second-order valence-corrected chi connectivity index (χ2v) is 9.65. The zero-order valence-corrected chi connectivity index (χ0v) is 19.5. The van der Waals surface area contributed by atoms with Gasteiger partial charge in [-0.1, -0.05) is 13.3 Å². The molecule has 0 spiro atoms. The summed E-state index contributed by atoms with van der Waals surface area (Å²) in [6.07, 6.45) is 4.43. The van der Waals surface area contributed by atoms with Gasteiger partial charge in [-0.3, -0.25) is 4.79 Å². The van der Waals surface area contributed by atoms with Crippen LogP contribution in [0.2, 0.25) is 0 Å². The van der Waals surface area contributed by atoms with Gasteiger partial charge in [-0.15, -0.1) is 0 Å². The molecule has 12 heteroatoms. The van der Waals surface area contributed by atoms with E-state index in [0.29, 0.717) is 31.5 Å². The van der Waals surface area contributed by atoms with Crippen molar-refractivity contribution in [3.05, 3.63) is 46.4 Å². The van der Waals surface area contributed by atoms with E-state index in [4.69, 9.17) is 9.47 Å². The number of unbranched alkanes of at least 4 members (excludes halogenated alkanes) is 1. The number of nitrogens with zero attached hydrogens (tertiary/aromatic N) is 4. The average Bonchev–Trinajstić information content (AvgIpc) is 2.75. The molecule has 9 nitrogen and oxygen atoms in total. The molecule has 0 saturated carbocycles. The zero-order chi connectivity index (χ0) is 24.0. The molecule has 0 aliphatic carbocycles. The molecule has 1 aliphatic rings. The molecule has 0 amide bonds. The highest BCUT2D eigenvalue weighted by molar-refractivity contribution is 7.88. The molecule has 2 aromatic rings. The van der Waals surface area contributed by atoms with E-state index >= 15 is 0 Å². The first-order valence-corrected chi connectivity index (χ1v) is 12.5. The monoisotopic (exact) mass is 486 g/mol. The third-order valence-electron chi connectivity index (χ3n) is 5.17. The molecule has 1 saturated heterocycles. The molecule has 0 N–H and O–H groups in total. The van der Waals surface area contributed by atoms with E-state index < -0.39 is 27.2 Å². The minimum absolute atomic E-state index is 0.0402. The number of halogens is 2. The summed E-state index contributed by atoms with van der Waals surface area (Å²) < 4.78 is 64.5. The molecule has 3 rings (SSSR count). The van der Waals surface area contributed by atoms with Crippen LogP contribution in [-0.4, -0.2) is 74.8 Å². The third kappa shape index (κ3) is 6.49. The maximum atomic E-state index is 13.7. The van der Waals surface area contributed by atoms with Crippen molar-refractivity contribution in [2.45, 2.75) is 19.8 Å². The van der Waals surface area contributed by atoms with E-state index in [1.165, 1.54) is 10.5 Å². The van der Waals surface area contributed by atoms with E-state index in [-0.39, 0.29) is 37.7 Å². The van der Waals surface area contributed by atoms with Crippen LogP contribution in [0.4, 0.5) is 14.5 Å². The number of benzene rings is 1. The predicted octanol–water partition coefficient (Wildman–Crippen LogP) is 1.79. The van der Waals surface area contributed by atoms with Crippen molar-refractivity contribution in [2.75, 3.05) is 57.2 Å². The van der Waals surface area contributed by atoms with Gasteiger partial charge in [-0.05, 0) is 18.6 Å². The number of piperazine rings is 1. The number of rotatable bonds is 10. The molecule has 1 aliphatic heterocycles. The fraction of sp³-hybridized carbons (Fsp3) is 0.524. The van der Waals surface area contributed by atoms with Crippen molar-refractivity contribution in [3.63, 3.8) is 0 Å². The Bertz CT molecular complexity index is 1100. The summed E-state index contributed by atoms with van der Waals surface area (Å²) in [7, 11) is -3.32. The maximum absolute atomic E-state index is 13.7. The Morgan fingerprint density at radius 3 is 2.30 bits per heavy atom. The Balaban J connectivity index is 1.88. The molecule has 0 atom stereocenters. The quantitative estimate of drug-likeness (QED) is 0.473. The molecule has 0 radical (unpaired) electrons. The van der Waals surface area contributed by atoms with E-state index in [9.17, 15) is 22.0 Å². The van der Waals surface area contributed by atoms with Gasteiger partial charge in [0, 0.05) is 38.9 Å². The number of sulfonamides is 1. The van der Waals surface area contributed by atoms with Gasteiger partial charge in [0.05, 0.1) is 24.7 Å². The lowest BCUT2D eigenvalue weighted by Crippen LogP contribution is -2.48. The van der Waals surface area contributed by atoms with Crippen molar-refractivity contribution < 1.29 is 26.7 Å². The average molecular weight is 487 g/mol. The molecule has 33 heavy (non-hydrogen) atoms. The van der Waals surface area contributed by atoms with Crippen molar-refractivity contribution in [1.29, 1.82) is 0 Å². The lowest BCUT2D eigenvalue weighted by Gasteiger charge is -2.35. The van der Waals surface area contributed by atoms with Crippen molar-refractivity contribution >= 4 is 15.7 Å². The molecule has 1 aromatic carbocycles. The van der Waals surface area contributed by atoms with Gasteiger partial charge < -0.3 is 14.4 Å². The lowest BCUT2D eigenvalue weighted by atomic mass is 10.2. The molecular formula is C21H28F2N4O5S. The van der Waals surface area contributed by atoms with Gasteiger partial charge in [-0.2, -0.15) is 14.1 Å². The summed E-state index contributed by atoms with van der Waals surface area (Å²) in [5, 5.41) is 4.09. The van der Waals surface area contributed by atoms with Crippen LogP contribution in [0.25, 0.3) is 5.69 Å². The molecule has 2 heterocycles. The second-order valence-electron chi connectivity index (χ2n) is 7.67. The van der Waals surface area contributed by atoms with Crippen LogP contribution in [0.1, 0.15) is 19.8 Å². The zero-order valence-electron chi connectivity index (χ0n) is 18.7. The number of anilines is 1. The van der Waals surface area contributed by atoms with Crippen LogP contribution < -0.4 is 15.2 Å². The van der Waals surface area contributed by atoms with E-state index in [0.717, 1.165) is 35.9 Å². The van der Waals surface area contributed by atoms with E-state index in [2.05, 4.69) is 5.10 Å². The van der Waals surface area contributed by atoms with Gasteiger partial charge in [-0.25, -0.2) is 17.2 Å². The Morgan fingerprint density at radius 2 is 1.70 bits per heavy atom. The first-order valence-electron chi connectivity index (χ1n) is 10.7. The van der Waals surface area contributed by atoms with Gasteiger partial charge in [0.1, 0.15) is 23.9 Å². The number of hydrogen-bond acceptors (Lipinski definition) is 7. The van der Waals surface area contributed by atoms with Crippen LogP contribution in [0.3, 0.4) is 0 Å². The highest BCUT2D eigenvalue weighted by Gasteiger charge is 2.27. The van der Waals surface area contributed by atoms with Gasteiger partial charge in [0.15, 0.2) is 0 Å². The number of hydrogen-bond donors (Lipinski definition) is 0. The van der Waals surface area contributed by atoms with E-state index in [1.54, 1.807) is 4.90 Å². The lowest BCUT2D eigenvalue weighted by molar-refractivity contribution is 0.0974.